The molecule has 0 aliphatic carbocycles. The average molecular weight is 460 g/mol. The van der Waals surface area contributed by atoms with Gasteiger partial charge in [-0.2, -0.15) is 4.31 Å². The summed E-state index contributed by atoms with van der Waals surface area (Å²) >= 11 is 0. The van der Waals surface area contributed by atoms with Gasteiger partial charge in [0.15, 0.2) is 6.10 Å². The number of para-hydroxylation sites is 2. The number of fused-ring (bicyclic) bond motifs is 1. The number of nitrogens with zero attached hydrogens (tertiary/aromatic N) is 1. The Kier molecular flexibility index (Phi) is 6.18. The number of hydrogen-bond acceptors (Lipinski definition) is 6. The van der Waals surface area contributed by atoms with Gasteiger partial charge in [0, 0.05) is 18.8 Å². The van der Waals surface area contributed by atoms with Gasteiger partial charge < -0.3 is 20.1 Å². The zero-order chi connectivity index (χ0) is 22.9. The van der Waals surface area contributed by atoms with Crippen LogP contribution in [0.1, 0.15) is 20.3 Å². The molecule has 9 nitrogen and oxygen atoms in total. The van der Waals surface area contributed by atoms with Crippen molar-refractivity contribution in [1.82, 2.24) is 4.31 Å². The molecule has 0 unspecified atom stereocenters. The number of amides is 2. The molecule has 1 saturated heterocycles. The largest absolute Gasteiger partial charge is 0.478 e. The fourth-order valence-corrected chi connectivity index (χ4v) is 5.38. The second-order valence-corrected chi connectivity index (χ2v) is 9.89. The fourth-order valence-electron chi connectivity index (χ4n) is 3.79. The van der Waals surface area contributed by atoms with E-state index >= 15 is 0 Å². The molecule has 2 amide bonds. The Bertz CT molecular complexity index is 1110. The lowest BCUT2D eigenvalue weighted by Crippen LogP contribution is -2.48. The minimum atomic E-state index is -3.66. The van der Waals surface area contributed by atoms with E-state index < -0.39 is 27.9 Å². The van der Waals surface area contributed by atoms with Gasteiger partial charge in [0.1, 0.15) is 5.75 Å². The third-order valence-electron chi connectivity index (χ3n) is 5.24. The molecule has 0 aromatic heterocycles. The molecular weight excluding hydrogens is 434 g/mol. The molecule has 2 N–H and O–H groups in total. The minimum Gasteiger partial charge on any atom is -0.478 e. The second-order valence-electron chi connectivity index (χ2n) is 7.95. The normalized spacial score (nSPS) is 23.6. The molecule has 170 valence electrons. The van der Waals surface area contributed by atoms with E-state index in [9.17, 15) is 18.0 Å². The molecule has 2 aromatic carbocycles. The monoisotopic (exact) mass is 459 g/mol. The first-order valence-corrected chi connectivity index (χ1v) is 11.8. The zero-order valence-corrected chi connectivity index (χ0v) is 18.6. The molecule has 10 heteroatoms. The highest BCUT2D eigenvalue weighted by Gasteiger charge is 2.32. The third kappa shape index (κ3) is 4.77. The number of carbonyl (C=O) groups is 2. The Morgan fingerprint density at radius 1 is 1.09 bits per heavy atom. The molecule has 1 fully saturated rings. The fraction of sp³-hybridized carbons (Fsp3) is 0.364. The predicted octanol–water partition coefficient (Wildman–Crippen LogP) is 2.21. The Morgan fingerprint density at radius 3 is 2.44 bits per heavy atom. The molecule has 0 spiro atoms. The lowest BCUT2D eigenvalue weighted by atomic mass is 10.1. The van der Waals surface area contributed by atoms with E-state index in [1.807, 2.05) is 13.8 Å². The van der Waals surface area contributed by atoms with Crippen LogP contribution in [0.4, 0.5) is 11.4 Å². The van der Waals surface area contributed by atoms with Crippen molar-refractivity contribution < 1.29 is 27.5 Å². The lowest BCUT2D eigenvalue weighted by Gasteiger charge is -2.34. The Morgan fingerprint density at radius 2 is 1.75 bits per heavy atom. The van der Waals surface area contributed by atoms with Crippen LogP contribution in [0, 0.1) is 0 Å². The maximum Gasteiger partial charge on any atom is 0.266 e. The number of benzene rings is 2. The summed E-state index contributed by atoms with van der Waals surface area (Å²) in [5, 5.41) is 5.40. The molecule has 2 heterocycles. The van der Waals surface area contributed by atoms with E-state index in [1.54, 1.807) is 24.3 Å². The Balaban J connectivity index is 1.38. The summed E-state index contributed by atoms with van der Waals surface area (Å²) in [5.74, 6) is -0.309. The third-order valence-corrected chi connectivity index (χ3v) is 7.09. The van der Waals surface area contributed by atoms with Crippen molar-refractivity contribution in [3.05, 3.63) is 48.5 Å². The van der Waals surface area contributed by atoms with Crippen LogP contribution in [-0.4, -0.2) is 55.9 Å². The molecule has 0 saturated carbocycles. The van der Waals surface area contributed by atoms with Gasteiger partial charge >= 0.3 is 0 Å². The van der Waals surface area contributed by atoms with Crippen LogP contribution in [0.2, 0.25) is 0 Å². The minimum absolute atomic E-state index is 0.142. The maximum atomic E-state index is 12.9. The van der Waals surface area contributed by atoms with Crippen molar-refractivity contribution in [2.75, 3.05) is 23.7 Å². The summed E-state index contributed by atoms with van der Waals surface area (Å²) in [7, 11) is -3.66. The molecule has 0 bridgehead atoms. The van der Waals surface area contributed by atoms with Gasteiger partial charge in [-0.15, -0.1) is 0 Å². The number of hydrogen-bond donors (Lipinski definition) is 2. The quantitative estimate of drug-likeness (QED) is 0.709. The van der Waals surface area contributed by atoms with E-state index in [4.69, 9.17) is 9.47 Å². The maximum absolute atomic E-state index is 12.9. The average Bonchev–Trinajstić information content (AvgIpc) is 2.74. The van der Waals surface area contributed by atoms with Crippen LogP contribution < -0.4 is 15.4 Å². The van der Waals surface area contributed by atoms with Crippen molar-refractivity contribution in [2.24, 2.45) is 0 Å². The molecule has 3 atom stereocenters. The highest BCUT2D eigenvalue weighted by Crippen LogP contribution is 2.30. The van der Waals surface area contributed by atoms with Crippen LogP contribution in [-0.2, 0) is 24.3 Å². The summed E-state index contributed by atoms with van der Waals surface area (Å²) in [4.78, 5) is 24.8. The van der Waals surface area contributed by atoms with Gasteiger partial charge in [-0.3, -0.25) is 9.59 Å². The number of morpholine rings is 1. The molecule has 2 aromatic rings. The van der Waals surface area contributed by atoms with Gasteiger partial charge in [0.25, 0.3) is 5.91 Å². The molecule has 0 radical (unpaired) electrons. The van der Waals surface area contributed by atoms with E-state index in [2.05, 4.69) is 10.6 Å². The van der Waals surface area contributed by atoms with Crippen molar-refractivity contribution in [1.29, 1.82) is 0 Å². The zero-order valence-electron chi connectivity index (χ0n) is 17.8. The van der Waals surface area contributed by atoms with Gasteiger partial charge in [-0.1, -0.05) is 12.1 Å². The first kappa shape index (κ1) is 22.3. The van der Waals surface area contributed by atoms with E-state index in [0.717, 1.165) is 0 Å². The van der Waals surface area contributed by atoms with E-state index in [-0.39, 0.29) is 36.6 Å². The highest BCUT2D eigenvalue weighted by molar-refractivity contribution is 7.89. The number of carbonyl (C=O) groups excluding carboxylic acids is 2. The number of sulfonamides is 1. The smallest absolute Gasteiger partial charge is 0.266 e. The first-order valence-electron chi connectivity index (χ1n) is 10.3. The van der Waals surface area contributed by atoms with Crippen LogP contribution >= 0.6 is 0 Å². The van der Waals surface area contributed by atoms with Crippen molar-refractivity contribution >= 4 is 33.2 Å². The van der Waals surface area contributed by atoms with E-state index in [1.165, 1.54) is 28.6 Å². The summed E-state index contributed by atoms with van der Waals surface area (Å²) in [6.07, 6.45) is -1.49. The van der Waals surface area contributed by atoms with Crippen molar-refractivity contribution in [2.45, 2.75) is 43.5 Å². The predicted molar refractivity (Wildman–Crippen MR) is 118 cm³/mol. The number of ether oxygens (including phenoxy) is 2. The summed E-state index contributed by atoms with van der Waals surface area (Å²) in [6, 6.07) is 12.9. The molecule has 2 aliphatic rings. The standard InChI is InChI=1S/C22H25N3O6S/c1-14-12-25(13-15(2)30-14)32(28,29)17-9-7-16(8-10-17)23-21(26)11-20-22(27)24-18-5-3-4-6-19(18)31-20/h3-10,14-15,20H,11-13H2,1-2H3,(H,23,26)(H,24,27)/t14-,15-,20+/m1/s1. The summed E-state index contributed by atoms with van der Waals surface area (Å²) < 4.78 is 38.5. The molecule has 4 rings (SSSR count). The highest BCUT2D eigenvalue weighted by atomic mass is 32.2. The van der Waals surface area contributed by atoms with Gasteiger partial charge in [0.2, 0.25) is 15.9 Å². The van der Waals surface area contributed by atoms with E-state index in [0.29, 0.717) is 17.1 Å². The van der Waals surface area contributed by atoms with Crippen LogP contribution in [0.15, 0.2) is 53.4 Å². The topological polar surface area (TPSA) is 114 Å². The molecule has 2 aliphatic heterocycles. The Labute approximate surface area is 186 Å². The number of anilines is 2. The van der Waals surface area contributed by atoms with Crippen LogP contribution in [0.3, 0.4) is 0 Å². The molecular formula is C22H25N3O6S. The van der Waals surface area contributed by atoms with Crippen molar-refractivity contribution in [3.63, 3.8) is 0 Å². The SMILES string of the molecule is C[C@@H]1CN(S(=O)(=O)c2ccc(NC(=O)C[C@@H]3Oc4ccccc4NC3=O)cc2)C[C@@H](C)O1. The number of rotatable bonds is 5. The van der Waals surface area contributed by atoms with Crippen LogP contribution in [0.25, 0.3) is 0 Å². The molecule has 32 heavy (non-hydrogen) atoms. The number of nitrogens with one attached hydrogen (secondary N) is 2. The summed E-state index contributed by atoms with van der Waals surface area (Å²) in [5.41, 5.74) is 0.990. The van der Waals surface area contributed by atoms with Crippen LogP contribution in [0.5, 0.6) is 5.75 Å². The van der Waals surface area contributed by atoms with Gasteiger partial charge in [-0.25, -0.2) is 8.42 Å². The Hall–Kier alpha value is -2.95. The lowest BCUT2D eigenvalue weighted by molar-refractivity contribution is -0.128. The van der Waals surface area contributed by atoms with Gasteiger partial charge in [0.05, 0.1) is 29.2 Å². The van der Waals surface area contributed by atoms with Crippen molar-refractivity contribution in [3.8, 4) is 5.75 Å². The first-order chi connectivity index (χ1) is 15.2. The summed E-state index contributed by atoms with van der Waals surface area (Å²) in [6.45, 7) is 4.26. The van der Waals surface area contributed by atoms with Gasteiger partial charge in [-0.05, 0) is 50.2 Å². The second kappa shape index (κ2) is 8.89.